The third kappa shape index (κ3) is 4.29. The van der Waals surface area contributed by atoms with Crippen LogP contribution in [0.1, 0.15) is 32.1 Å². The summed E-state index contributed by atoms with van der Waals surface area (Å²) in [6, 6.07) is 14.8. The van der Waals surface area contributed by atoms with E-state index in [1.807, 2.05) is 0 Å². The number of hydrogen-bond donors (Lipinski definition) is 1. The predicted molar refractivity (Wildman–Crippen MR) is 106 cm³/mol. The number of rotatable bonds is 6. The molecule has 1 N–H and O–H groups in total. The highest BCUT2D eigenvalue weighted by atomic mass is 32.3. The summed E-state index contributed by atoms with van der Waals surface area (Å²) in [5, 5.41) is 10.7. The third-order valence-electron chi connectivity index (χ3n) is 4.78. The van der Waals surface area contributed by atoms with E-state index in [0.29, 0.717) is 16.6 Å². The second-order valence-electron chi connectivity index (χ2n) is 6.84. The first-order chi connectivity index (χ1) is 13.3. The van der Waals surface area contributed by atoms with Gasteiger partial charge in [0.05, 0.1) is 15.4 Å². The Morgan fingerprint density at radius 1 is 0.750 bits per heavy atom. The standard InChI is InChI=1S/C20H23NO5S2/c22-20(14-8-3-9-15-20)16-17-21(27(23,24)18-10-4-1-5-11-18)28(25,26)19-12-6-2-7-13-19/h1-2,4-7,10-13,16-17,22H,3,8-9,14-15H2/b17-16+. The van der Waals surface area contributed by atoms with Crippen LogP contribution in [0.5, 0.6) is 0 Å². The van der Waals surface area contributed by atoms with Crippen molar-refractivity contribution in [2.24, 2.45) is 0 Å². The lowest BCUT2D eigenvalue weighted by molar-refractivity contribution is 0.0508. The Bertz CT molecular complexity index is 957. The summed E-state index contributed by atoms with van der Waals surface area (Å²) in [5.41, 5.74) is -1.21. The summed E-state index contributed by atoms with van der Waals surface area (Å²) in [6.07, 6.45) is 5.81. The van der Waals surface area contributed by atoms with Crippen molar-refractivity contribution in [3.8, 4) is 0 Å². The first-order valence-electron chi connectivity index (χ1n) is 9.07. The van der Waals surface area contributed by atoms with E-state index < -0.39 is 25.6 Å². The molecule has 8 heteroatoms. The molecular formula is C20H23NO5S2. The molecule has 0 spiro atoms. The second-order valence-corrected chi connectivity index (χ2v) is 10.7. The maximum absolute atomic E-state index is 13.1. The minimum atomic E-state index is -4.39. The summed E-state index contributed by atoms with van der Waals surface area (Å²) in [6.45, 7) is 0. The molecule has 28 heavy (non-hydrogen) atoms. The predicted octanol–water partition coefficient (Wildman–Crippen LogP) is 3.28. The van der Waals surface area contributed by atoms with Crippen molar-refractivity contribution >= 4 is 20.0 Å². The Morgan fingerprint density at radius 3 is 1.61 bits per heavy atom. The normalized spacial score (nSPS) is 17.5. The van der Waals surface area contributed by atoms with Crippen LogP contribution in [0.3, 0.4) is 0 Å². The second kappa shape index (κ2) is 8.06. The molecule has 0 atom stereocenters. The molecule has 1 saturated carbocycles. The molecule has 3 rings (SSSR count). The van der Waals surface area contributed by atoms with E-state index in [1.54, 1.807) is 12.1 Å². The molecule has 0 bridgehead atoms. The van der Waals surface area contributed by atoms with Crippen molar-refractivity contribution < 1.29 is 21.9 Å². The number of sulfonamides is 2. The summed E-state index contributed by atoms with van der Waals surface area (Å²) in [5.74, 6) is 0. The highest BCUT2D eigenvalue weighted by Crippen LogP contribution is 2.31. The minimum absolute atomic E-state index is 0.144. The van der Waals surface area contributed by atoms with Gasteiger partial charge in [-0.1, -0.05) is 55.7 Å². The summed E-state index contributed by atoms with van der Waals surface area (Å²) in [7, 11) is -8.77. The van der Waals surface area contributed by atoms with E-state index >= 15 is 0 Å². The fourth-order valence-electron chi connectivity index (χ4n) is 3.21. The average Bonchev–Trinajstić information content (AvgIpc) is 2.69. The van der Waals surface area contributed by atoms with Gasteiger partial charge in [-0.25, -0.2) is 16.8 Å². The molecule has 150 valence electrons. The minimum Gasteiger partial charge on any atom is -0.386 e. The molecule has 1 aliphatic rings. The summed E-state index contributed by atoms with van der Waals surface area (Å²) >= 11 is 0. The molecule has 2 aromatic carbocycles. The molecule has 6 nitrogen and oxygen atoms in total. The van der Waals surface area contributed by atoms with Gasteiger partial charge in [0, 0.05) is 6.20 Å². The Kier molecular flexibility index (Phi) is 5.92. The van der Waals surface area contributed by atoms with E-state index in [0.717, 1.165) is 25.5 Å². The van der Waals surface area contributed by atoms with Crippen LogP contribution in [-0.4, -0.2) is 31.3 Å². The van der Waals surface area contributed by atoms with E-state index in [-0.39, 0.29) is 9.79 Å². The average molecular weight is 422 g/mol. The van der Waals surface area contributed by atoms with Gasteiger partial charge in [0.1, 0.15) is 0 Å². The number of aliphatic hydroxyl groups is 1. The van der Waals surface area contributed by atoms with Crippen LogP contribution in [0.25, 0.3) is 0 Å². The summed E-state index contributed by atoms with van der Waals surface area (Å²) < 4.78 is 52.9. The van der Waals surface area contributed by atoms with Crippen LogP contribution >= 0.6 is 0 Å². The lowest BCUT2D eigenvalue weighted by Gasteiger charge is -2.29. The van der Waals surface area contributed by atoms with Crippen molar-refractivity contribution in [2.75, 3.05) is 0 Å². The van der Waals surface area contributed by atoms with Gasteiger partial charge < -0.3 is 5.11 Å². The molecule has 0 heterocycles. The zero-order valence-corrected chi connectivity index (χ0v) is 16.9. The maximum Gasteiger partial charge on any atom is 0.277 e. The first kappa shape index (κ1) is 20.6. The zero-order chi connectivity index (χ0) is 20.3. The van der Waals surface area contributed by atoms with Gasteiger partial charge in [0.2, 0.25) is 0 Å². The zero-order valence-electron chi connectivity index (χ0n) is 15.3. The Balaban J connectivity index is 2.09. The maximum atomic E-state index is 13.1. The fraction of sp³-hybridized carbons (Fsp3) is 0.300. The molecule has 1 fully saturated rings. The van der Waals surface area contributed by atoms with E-state index in [1.165, 1.54) is 54.6 Å². The molecule has 0 aromatic heterocycles. The van der Waals surface area contributed by atoms with Gasteiger partial charge in [0.25, 0.3) is 20.0 Å². The fourth-order valence-corrected chi connectivity index (χ4v) is 6.62. The summed E-state index contributed by atoms with van der Waals surface area (Å²) in [4.78, 5) is -0.287. The molecule has 1 aliphatic carbocycles. The molecule has 0 unspecified atom stereocenters. The van der Waals surface area contributed by atoms with E-state index in [2.05, 4.69) is 0 Å². The molecule has 0 aliphatic heterocycles. The molecule has 0 amide bonds. The molecular weight excluding hydrogens is 398 g/mol. The van der Waals surface area contributed by atoms with Crippen molar-refractivity contribution in [1.29, 1.82) is 0 Å². The van der Waals surface area contributed by atoms with Crippen molar-refractivity contribution in [3.05, 3.63) is 72.9 Å². The van der Waals surface area contributed by atoms with Crippen LogP contribution in [-0.2, 0) is 20.0 Å². The SMILES string of the molecule is O=S(=O)(c1ccccc1)N(/C=C/C1(O)CCCCC1)S(=O)(=O)c1ccccc1. The Labute approximate surface area is 166 Å². The van der Waals surface area contributed by atoms with E-state index in [4.69, 9.17) is 0 Å². The topological polar surface area (TPSA) is 91.8 Å². The van der Waals surface area contributed by atoms with Gasteiger partial charge in [-0.3, -0.25) is 0 Å². The number of benzene rings is 2. The Hall–Kier alpha value is -2.16. The highest BCUT2D eigenvalue weighted by molar-refractivity contribution is 8.04. The first-order valence-corrected chi connectivity index (χ1v) is 12.0. The lowest BCUT2D eigenvalue weighted by atomic mass is 9.85. The molecule has 0 radical (unpaired) electrons. The van der Waals surface area contributed by atoms with Crippen molar-refractivity contribution in [1.82, 2.24) is 3.71 Å². The lowest BCUT2D eigenvalue weighted by Crippen LogP contribution is -2.35. The van der Waals surface area contributed by atoms with Crippen LogP contribution in [0.2, 0.25) is 0 Å². The van der Waals surface area contributed by atoms with Gasteiger partial charge in [-0.05, 0) is 43.2 Å². The smallest absolute Gasteiger partial charge is 0.277 e. The van der Waals surface area contributed by atoms with Gasteiger partial charge in [-0.15, -0.1) is 0 Å². The highest BCUT2D eigenvalue weighted by Gasteiger charge is 2.35. The monoisotopic (exact) mass is 421 g/mol. The van der Waals surface area contributed by atoms with Gasteiger partial charge >= 0.3 is 0 Å². The third-order valence-corrected chi connectivity index (χ3v) is 8.89. The van der Waals surface area contributed by atoms with Crippen LogP contribution in [0.15, 0.2) is 82.7 Å². The Morgan fingerprint density at radius 2 is 1.18 bits per heavy atom. The van der Waals surface area contributed by atoms with Crippen molar-refractivity contribution in [2.45, 2.75) is 47.5 Å². The molecule has 2 aromatic rings. The quantitative estimate of drug-likeness (QED) is 0.773. The van der Waals surface area contributed by atoms with Crippen molar-refractivity contribution in [3.63, 3.8) is 0 Å². The molecule has 0 saturated heterocycles. The van der Waals surface area contributed by atoms with Crippen LogP contribution < -0.4 is 0 Å². The van der Waals surface area contributed by atoms with Crippen LogP contribution in [0.4, 0.5) is 0 Å². The largest absolute Gasteiger partial charge is 0.386 e. The number of hydrogen-bond acceptors (Lipinski definition) is 5. The van der Waals surface area contributed by atoms with Gasteiger partial charge in [0.15, 0.2) is 0 Å². The van der Waals surface area contributed by atoms with Crippen LogP contribution in [0, 0.1) is 0 Å². The van der Waals surface area contributed by atoms with E-state index in [9.17, 15) is 21.9 Å². The van der Waals surface area contributed by atoms with Gasteiger partial charge in [-0.2, -0.15) is 3.71 Å². The number of nitrogens with zero attached hydrogens (tertiary/aromatic N) is 1.